The average molecular weight is 360 g/mol. The predicted octanol–water partition coefficient (Wildman–Crippen LogP) is 3.92. The summed E-state index contributed by atoms with van der Waals surface area (Å²) in [6, 6.07) is 5.41. The fourth-order valence-electron chi connectivity index (χ4n) is 3.24. The lowest BCUT2D eigenvalue weighted by Crippen LogP contribution is -2.24. The molecule has 2 aromatic rings. The van der Waals surface area contributed by atoms with E-state index in [0.717, 1.165) is 5.69 Å². The molecule has 0 amide bonds. The molecule has 1 aliphatic heterocycles. The van der Waals surface area contributed by atoms with E-state index in [2.05, 4.69) is 4.98 Å². The Kier molecular flexibility index (Phi) is 4.78. The Morgan fingerprint density at radius 3 is 2.73 bits per heavy atom. The van der Waals surface area contributed by atoms with Crippen LogP contribution in [-0.2, 0) is 18.4 Å². The van der Waals surface area contributed by atoms with Crippen molar-refractivity contribution in [2.24, 2.45) is 0 Å². The van der Waals surface area contributed by atoms with Crippen molar-refractivity contribution in [3.05, 3.63) is 41.0 Å². The monoisotopic (exact) mass is 360 g/mol. The third-order valence-corrected chi connectivity index (χ3v) is 4.55. The third kappa shape index (κ3) is 3.45. The van der Waals surface area contributed by atoms with Crippen molar-refractivity contribution < 1.29 is 18.7 Å². The number of carbonyl (C=O) groups is 1. The van der Waals surface area contributed by atoms with E-state index in [4.69, 9.17) is 9.47 Å². The molecule has 3 rings (SSSR count). The lowest BCUT2D eigenvalue weighted by Gasteiger charge is -2.20. The zero-order valence-corrected chi connectivity index (χ0v) is 15.9. The quantitative estimate of drug-likeness (QED) is 0.758. The minimum Gasteiger partial charge on any atom is -0.490 e. The van der Waals surface area contributed by atoms with Crippen molar-refractivity contribution in [1.82, 2.24) is 9.55 Å². The van der Waals surface area contributed by atoms with Crippen LogP contribution in [0.25, 0.3) is 0 Å². The molecule has 0 saturated carbocycles. The fraction of sp³-hybridized carbons (Fsp3) is 0.500. The molecule has 1 aromatic carbocycles. The van der Waals surface area contributed by atoms with E-state index in [1.165, 1.54) is 13.0 Å². The number of halogens is 1. The van der Waals surface area contributed by atoms with E-state index in [1.54, 1.807) is 12.1 Å². The molecule has 2 heterocycles. The number of fused-ring (bicyclic) bond motifs is 1. The predicted molar refractivity (Wildman–Crippen MR) is 96.6 cm³/mol. The Morgan fingerprint density at radius 2 is 2.15 bits per heavy atom. The number of nitrogens with zero attached hydrogens (tertiary/aromatic N) is 2. The Morgan fingerprint density at radius 1 is 1.42 bits per heavy atom. The van der Waals surface area contributed by atoms with Gasteiger partial charge in [-0.1, -0.05) is 33.8 Å². The van der Waals surface area contributed by atoms with Crippen molar-refractivity contribution in [3.63, 3.8) is 0 Å². The van der Waals surface area contributed by atoms with Gasteiger partial charge < -0.3 is 9.47 Å². The summed E-state index contributed by atoms with van der Waals surface area (Å²) < 4.78 is 27.7. The second kappa shape index (κ2) is 6.74. The van der Waals surface area contributed by atoms with Gasteiger partial charge in [0.15, 0.2) is 11.9 Å². The zero-order valence-electron chi connectivity index (χ0n) is 15.9. The number of benzene rings is 1. The molecule has 6 heteroatoms. The number of ketones is 1. The summed E-state index contributed by atoms with van der Waals surface area (Å²) in [5.41, 5.74) is 1.76. The lowest BCUT2D eigenvalue weighted by molar-refractivity contribution is 0.100. The van der Waals surface area contributed by atoms with Gasteiger partial charge in [0.05, 0.1) is 12.2 Å². The number of hydrogen-bond donors (Lipinski definition) is 0. The Hall–Kier alpha value is -2.37. The fourth-order valence-corrected chi connectivity index (χ4v) is 3.24. The second-order valence-electron chi connectivity index (χ2n) is 7.65. The summed E-state index contributed by atoms with van der Waals surface area (Å²) >= 11 is 0. The van der Waals surface area contributed by atoms with Gasteiger partial charge >= 0.3 is 0 Å². The standard InChI is InChI=1S/C20H25FN2O3/c1-6-17-18(12(2)24)22-19-23(17)10-14(26-19)11-25-13-7-8-15(16(21)9-13)20(3,4)5/h7-9,14H,6,10-11H2,1-5H3/t14-/m0/s1. The van der Waals surface area contributed by atoms with Gasteiger partial charge in [-0.3, -0.25) is 9.36 Å². The van der Waals surface area contributed by atoms with Crippen molar-refractivity contribution in [1.29, 1.82) is 0 Å². The molecule has 0 N–H and O–H groups in total. The average Bonchev–Trinajstić information content (AvgIpc) is 3.08. The molecule has 0 aliphatic carbocycles. The van der Waals surface area contributed by atoms with Crippen LogP contribution in [0.1, 0.15) is 56.4 Å². The molecule has 0 saturated heterocycles. The summed E-state index contributed by atoms with van der Waals surface area (Å²) in [6.07, 6.45) is 0.493. The molecule has 1 aliphatic rings. The van der Waals surface area contributed by atoms with E-state index >= 15 is 0 Å². The molecular weight excluding hydrogens is 335 g/mol. The summed E-state index contributed by atoms with van der Waals surface area (Å²) in [5.74, 6) is 0.146. The van der Waals surface area contributed by atoms with Crippen molar-refractivity contribution in [2.45, 2.75) is 59.1 Å². The lowest BCUT2D eigenvalue weighted by atomic mass is 9.87. The molecular formula is C20H25FN2O3. The van der Waals surface area contributed by atoms with Crippen molar-refractivity contribution >= 4 is 5.78 Å². The Labute approximate surface area is 153 Å². The van der Waals surface area contributed by atoms with Gasteiger partial charge in [-0.05, 0) is 23.5 Å². The number of Topliss-reactive ketones (excluding diaryl/α,β-unsaturated/α-hetero) is 1. The highest BCUT2D eigenvalue weighted by Gasteiger charge is 2.30. The summed E-state index contributed by atoms with van der Waals surface area (Å²) in [4.78, 5) is 16.0. The highest BCUT2D eigenvalue weighted by atomic mass is 19.1. The Balaban J connectivity index is 1.66. The van der Waals surface area contributed by atoms with Gasteiger partial charge in [-0.2, -0.15) is 4.98 Å². The van der Waals surface area contributed by atoms with Crippen LogP contribution >= 0.6 is 0 Å². The summed E-state index contributed by atoms with van der Waals surface area (Å²) in [7, 11) is 0. The van der Waals surface area contributed by atoms with E-state index < -0.39 is 0 Å². The molecule has 0 radical (unpaired) electrons. The number of aromatic nitrogens is 2. The smallest absolute Gasteiger partial charge is 0.297 e. The van der Waals surface area contributed by atoms with Crippen LogP contribution in [0, 0.1) is 5.82 Å². The molecule has 0 bridgehead atoms. The van der Waals surface area contributed by atoms with Gasteiger partial charge in [-0.15, -0.1) is 0 Å². The highest BCUT2D eigenvalue weighted by Crippen LogP contribution is 2.29. The third-order valence-electron chi connectivity index (χ3n) is 4.55. The molecule has 26 heavy (non-hydrogen) atoms. The first-order valence-electron chi connectivity index (χ1n) is 8.90. The normalized spacial score (nSPS) is 16.3. The van der Waals surface area contributed by atoms with Gasteiger partial charge in [0.2, 0.25) is 0 Å². The van der Waals surface area contributed by atoms with Gasteiger partial charge in [-0.25, -0.2) is 4.39 Å². The van der Waals surface area contributed by atoms with E-state index in [1.807, 2.05) is 32.3 Å². The maximum atomic E-state index is 14.3. The van der Waals surface area contributed by atoms with Gasteiger partial charge in [0.1, 0.15) is 23.9 Å². The Bertz CT molecular complexity index is 836. The van der Waals surface area contributed by atoms with Crippen LogP contribution in [0.5, 0.6) is 11.8 Å². The van der Waals surface area contributed by atoms with Gasteiger partial charge in [0.25, 0.3) is 6.01 Å². The van der Waals surface area contributed by atoms with E-state index in [-0.39, 0.29) is 29.7 Å². The molecule has 5 nitrogen and oxygen atoms in total. The minimum absolute atomic E-state index is 0.0606. The van der Waals surface area contributed by atoms with Crippen LogP contribution < -0.4 is 9.47 Å². The number of carbonyl (C=O) groups excluding carboxylic acids is 1. The molecule has 1 aromatic heterocycles. The van der Waals surface area contributed by atoms with Crippen molar-refractivity contribution in [2.75, 3.05) is 6.61 Å². The van der Waals surface area contributed by atoms with E-state index in [9.17, 15) is 9.18 Å². The van der Waals surface area contributed by atoms with Gasteiger partial charge in [0, 0.05) is 13.0 Å². The highest BCUT2D eigenvalue weighted by molar-refractivity contribution is 5.93. The summed E-state index contributed by atoms with van der Waals surface area (Å²) in [5, 5.41) is 0. The zero-order chi connectivity index (χ0) is 19.1. The first-order valence-corrected chi connectivity index (χ1v) is 8.90. The van der Waals surface area contributed by atoms with Crippen LogP contribution in [0.15, 0.2) is 18.2 Å². The van der Waals surface area contributed by atoms with Crippen molar-refractivity contribution in [3.8, 4) is 11.8 Å². The van der Waals surface area contributed by atoms with E-state index in [0.29, 0.717) is 36.0 Å². The van der Waals surface area contributed by atoms with Crippen LogP contribution in [0.3, 0.4) is 0 Å². The largest absolute Gasteiger partial charge is 0.490 e. The number of hydrogen-bond acceptors (Lipinski definition) is 4. The second-order valence-corrected chi connectivity index (χ2v) is 7.65. The molecule has 0 fully saturated rings. The topological polar surface area (TPSA) is 53.4 Å². The number of ether oxygens (including phenoxy) is 2. The maximum Gasteiger partial charge on any atom is 0.297 e. The number of imidazole rings is 1. The summed E-state index contributed by atoms with van der Waals surface area (Å²) in [6.45, 7) is 10.3. The van der Waals surface area contributed by atoms with Crippen LogP contribution in [0.4, 0.5) is 4.39 Å². The minimum atomic E-state index is -0.269. The molecule has 140 valence electrons. The molecule has 0 spiro atoms. The first-order chi connectivity index (χ1) is 12.2. The van der Waals surface area contributed by atoms with Crippen LogP contribution in [-0.4, -0.2) is 28.0 Å². The first kappa shape index (κ1) is 18.4. The molecule has 0 unspecified atom stereocenters. The molecule has 1 atom stereocenters. The number of rotatable bonds is 5. The van der Waals surface area contributed by atoms with Crippen LogP contribution in [0.2, 0.25) is 0 Å². The SMILES string of the molecule is CCc1c(C(C)=O)nc2n1C[C@@H](COc1ccc(C(C)(C)C)c(F)c1)O2. The maximum absolute atomic E-state index is 14.3.